The van der Waals surface area contributed by atoms with Crippen molar-refractivity contribution in [1.29, 1.82) is 0 Å². The number of carbonyl (C=O) groups excluding carboxylic acids is 1. The van der Waals surface area contributed by atoms with Gasteiger partial charge in [0, 0.05) is 11.9 Å². The molecule has 0 bridgehead atoms. The Morgan fingerprint density at radius 1 is 1.38 bits per heavy atom. The van der Waals surface area contributed by atoms with Gasteiger partial charge in [-0.25, -0.2) is 9.78 Å². The Balaban J connectivity index is 2.09. The van der Waals surface area contributed by atoms with Gasteiger partial charge in [0.15, 0.2) is 5.16 Å². The molecule has 0 unspecified atom stereocenters. The Kier molecular flexibility index (Phi) is 5.66. The first-order valence-corrected chi connectivity index (χ1v) is 7.85. The molecule has 1 N–H and O–H groups in total. The van der Waals surface area contributed by atoms with Crippen LogP contribution in [0.3, 0.4) is 0 Å². The molecule has 2 rings (SSSR count). The maximum atomic E-state index is 12.7. The molecular weight excluding hydrogens is 345 g/mol. The normalized spacial score (nSPS) is 11.3. The second-order valence-electron chi connectivity index (χ2n) is 4.64. The summed E-state index contributed by atoms with van der Waals surface area (Å²) in [5.41, 5.74) is -1.18. The Hall–Kier alpha value is -2.29. The van der Waals surface area contributed by atoms with Gasteiger partial charge >= 0.3 is 12.1 Å². The lowest BCUT2D eigenvalue weighted by Gasteiger charge is -2.08. The second-order valence-corrected chi connectivity index (χ2v) is 5.60. The van der Waals surface area contributed by atoms with E-state index in [0.29, 0.717) is 5.56 Å². The van der Waals surface area contributed by atoms with Crippen LogP contribution in [0.15, 0.2) is 40.4 Å². The third kappa shape index (κ3) is 4.60. The van der Waals surface area contributed by atoms with Crippen molar-refractivity contribution in [2.45, 2.75) is 24.0 Å². The van der Waals surface area contributed by atoms with Gasteiger partial charge in [-0.3, -0.25) is 4.79 Å². The molecule has 5 nitrogen and oxygen atoms in total. The summed E-state index contributed by atoms with van der Waals surface area (Å²) in [5, 5.41) is 0.200. The molecule has 0 atom stereocenters. The fraction of sp³-hybridized carbons (Fsp3) is 0.267. The largest absolute Gasteiger partial charge is 0.462 e. The number of ether oxygens (including phenoxy) is 1. The Morgan fingerprint density at radius 3 is 2.75 bits per heavy atom. The van der Waals surface area contributed by atoms with E-state index in [1.54, 1.807) is 13.0 Å². The predicted molar refractivity (Wildman–Crippen MR) is 81.8 cm³/mol. The fourth-order valence-electron chi connectivity index (χ4n) is 1.80. The summed E-state index contributed by atoms with van der Waals surface area (Å²) in [6, 6.07) is 4.90. The van der Waals surface area contributed by atoms with E-state index in [2.05, 4.69) is 9.97 Å². The highest BCUT2D eigenvalue weighted by Gasteiger charge is 2.30. The number of aromatic amines is 1. The summed E-state index contributed by atoms with van der Waals surface area (Å²) in [6.45, 7) is 1.74. The molecule has 0 aliphatic carbocycles. The van der Waals surface area contributed by atoms with Gasteiger partial charge in [-0.2, -0.15) is 13.2 Å². The highest BCUT2D eigenvalue weighted by Crippen LogP contribution is 2.30. The monoisotopic (exact) mass is 358 g/mol. The van der Waals surface area contributed by atoms with E-state index < -0.39 is 23.3 Å². The number of benzene rings is 1. The third-order valence-corrected chi connectivity index (χ3v) is 3.86. The maximum Gasteiger partial charge on any atom is 0.416 e. The topological polar surface area (TPSA) is 72.0 Å². The van der Waals surface area contributed by atoms with E-state index in [4.69, 9.17) is 4.74 Å². The zero-order valence-electron chi connectivity index (χ0n) is 12.5. The van der Waals surface area contributed by atoms with Gasteiger partial charge in [-0.05, 0) is 18.6 Å². The first kappa shape index (κ1) is 18.1. The minimum Gasteiger partial charge on any atom is -0.462 e. The van der Waals surface area contributed by atoms with Crippen LogP contribution in [0.4, 0.5) is 13.2 Å². The van der Waals surface area contributed by atoms with Gasteiger partial charge in [0.1, 0.15) is 5.56 Å². The second kappa shape index (κ2) is 7.52. The molecule has 1 heterocycles. The number of halogens is 3. The Morgan fingerprint density at radius 2 is 2.12 bits per heavy atom. The zero-order chi connectivity index (χ0) is 17.7. The van der Waals surface area contributed by atoms with Crippen LogP contribution < -0.4 is 5.56 Å². The quantitative estimate of drug-likeness (QED) is 0.505. The number of rotatable bonds is 5. The minimum atomic E-state index is -4.41. The van der Waals surface area contributed by atoms with Crippen LogP contribution in [0.25, 0.3) is 0 Å². The maximum absolute atomic E-state index is 12.7. The zero-order valence-corrected chi connectivity index (χ0v) is 13.3. The van der Waals surface area contributed by atoms with Gasteiger partial charge in [0.25, 0.3) is 5.56 Å². The summed E-state index contributed by atoms with van der Waals surface area (Å²) in [4.78, 5) is 29.6. The molecule has 0 aliphatic rings. The number of thioether (sulfide) groups is 1. The van der Waals surface area contributed by atoms with Crippen LogP contribution in [-0.4, -0.2) is 22.5 Å². The van der Waals surface area contributed by atoms with E-state index in [9.17, 15) is 22.8 Å². The minimum absolute atomic E-state index is 0.129. The molecule has 128 valence electrons. The third-order valence-electron chi connectivity index (χ3n) is 2.90. The van der Waals surface area contributed by atoms with Crippen molar-refractivity contribution in [2.24, 2.45) is 0 Å². The fourth-order valence-corrected chi connectivity index (χ4v) is 2.57. The van der Waals surface area contributed by atoms with Crippen molar-refractivity contribution in [3.8, 4) is 0 Å². The van der Waals surface area contributed by atoms with Crippen LogP contribution in [0.2, 0.25) is 0 Å². The number of hydrogen-bond donors (Lipinski definition) is 1. The van der Waals surface area contributed by atoms with Gasteiger partial charge < -0.3 is 9.72 Å². The van der Waals surface area contributed by atoms with Crippen LogP contribution >= 0.6 is 11.8 Å². The van der Waals surface area contributed by atoms with Crippen molar-refractivity contribution >= 4 is 17.7 Å². The smallest absolute Gasteiger partial charge is 0.416 e. The number of nitrogens with one attached hydrogen (secondary N) is 1. The van der Waals surface area contributed by atoms with Gasteiger partial charge in [0.05, 0.1) is 12.2 Å². The summed E-state index contributed by atoms with van der Waals surface area (Å²) < 4.78 is 42.7. The molecule has 24 heavy (non-hydrogen) atoms. The van der Waals surface area contributed by atoms with Crippen molar-refractivity contribution < 1.29 is 22.7 Å². The number of H-pyrrole nitrogens is 1. The molecular formula is C15H13F3N2O3S. The Labute approximate surface area is 139 Å². The highest BCUT2D eigenvalue weighted by atomic mass is 32.2. The molecule has 0 radical (unpaired) electrons. The lowest BCUT2D eigenvalue weighted by Crippen LogP contribution is -2.20. The van der Waals surface area contributed by atoms with E-state index >= 15 is 0 Å². The number of esters is 1. The van der Waals surface area contributed by atoms with Crippen LogP contribution in [0, 0.1) is 0 Å². The van der Waals surface area contributed by atoms with E-state index in [1.165, 1.54) is 6.07 Å². The first-order chi connectivity index (χ1) is 11.3. The number of hydrogen-bond acceptors (Lipinski definition) is 5. The summed E-state index contributed by atoms with van der Waals surface area (Å²) in [6.07, 6.45) is -3.32. The number of carbonyl (C=O) groups is 1. The van der Waals surface area contributed by atoms with Crippen LogP contribution in [0.5, 0.6) is 0 Å². The number of alkyl halides is 3. The standard InChI is InChI=1S/C15H13F3N2O3S/c1-2-23-13(22)11-7-19-14(20-12(11)21)24-8-9-4-3-5-10(6-9)15(16,17)18/h3-7H,2,8H2,1H3,(H,19,20,21). The van der Waals surface area contributed by atoms with E-state index in [0.717, 1.165) is 30.1 Å². The summed E-state index contributed by atoms with van der Waals surface area (Å²) in [5.74, 6) is -0.591. The average Bonchev–Trinajstić information content (AvgIpc) is 2.52. The molecule has 0 saturated carbocycles. The number of aromatic nitrogens is 2. The molecule has 2 aromatic rings. The lowest BCUT2D eigenvalue weighted by atomic mass is 10.1. The van der Waals surface area contributed by atoms with Crippen molar-refractivity contribution in [2.75, 3.05) is 6.61 Å². The van der Waals surface area contributed by atoms with Gasteiger partial charge in [-0.1, -0.05) is 30.0 Å². The molecule has 1 aromatic heterocycles. The predicted octanol–water partition coefficient (Wildman–Crippen LogP) is 3.26. The molecule has 0 fully saturated rings. The SMILES string of the molecule is CCOC(=O)c1cnc(SCc2cccc(C(F)(F)F)c2)[nH]c1=O. The number of nitrogens with zero attached hydrogens (tertiary/aromatic N) is 1. The average molecular weight is 358 g/mol. The molecule has 0 aliphatic heterocycles. The molecule has 0 amide bonds. The van der Waals surface area contributed by atoms with E-state index in [1.807, 2.05) is 0 Å². The Bertz CT molecular complexity index is 790. The summed E-state index contributed by atoms with van der Waals surface area (Å²) in [7, 11) is 0. The van der Waals surface area contributed by atoms with E-state index in [-0.39, 0.29) is 23.1 Å². The van der Waals surface area contributed by atoms with Crippen LogP contribution in [0.1, 0.15) is 28.4 Å². The molecule has 9 heteroatoms. The lowest BCUT2D eigenvalue weighted by molar-refractivity contribution is -0.137. The summed E-state index contributed by atoms with van der Waals surface area (Å²) >= 11 is 1.05. The van der Waals surface area contributed by atoms with Crippen molar-refractivity contribution in [3.05, 3.63) is 57.5 Å². The first-order valence-electron chi connectivity index (χ1n) is 6.86. The van der Waals surface area contributed by atoms with Gasteiger partial charge in [-0.15, -0.1) is 0 Å². The molecule has 1 aromatic carbocycles. The van der Waals surface area contributed by atoms with Crippen molar-refractivity contribution in [1.82, 2.24) is 9.97 Å². The van der Waals surface area contributed by atoms with Crippen LogP contribution in [-0.2, 0) is 16.7 Å². The van der Waals surface area contributed by atoms with Crippen molar-refractivity contribution in [3.63, 3.8) is 0 Å². The highest BCUT2D eigenvalue weighted by molar-refractivity contribution is 7.98. The molecule has 0 spiro atoms. The van der Waals surface area contributed by atoms with Gasteiger partial charge in [0.2, 0.25) is 0 Å². The molecule has 0 saturated heterocycles.